The van der Waals surface area contributed by atoms with Crippen molar-refractivity contribution in [2.75, 3.05) is 0 Å². The second kappa shape index (κ2) is 6.90. The highest BCUT2D eigenvalue weighted by atomic mass is 16.6. The molecule has 0 N–H and O–H groups in total. The van der Waals surface area contributed by atoms with Crippen LogP contribution in [0, 0.1) is 6.92 Å². The van der Waals surface area contributed by atoms with Gasteiger partial charge in [0.1, 0.15) is 5.58 Å². The number of amides is 1. The van der Waals surface area contributed by atoms with Gasteiger partial charge in [0, 0.05) is 23.0 Å². The predicted molar refractivity (Wildman–Crippen MR) is 95.4 cm³/mol. The molecule has 134 valence electrons. The minimum Gasteiger partial charge on any atom is -0.449 e. The average molecular weight is 343 g/mol. The van der Waals surface area contributed by atoms with Gasteiger partial charge >= 0.3 is 5.97 Å². The number of carbonyl (C=O) groups is 2. The number of hydrogen-bond acceptors (Lipinski definition) is 4. The molecule has 3 rings (SSSR count). The molecule has 1 aliphatic heterocycles. The maximum absolute atomic E-state index is 12.8. The van der Waals surface area contributed by atoms with Crippen LogP contribution >= 0.6 is 0 Å². The van der Waals surface area contributed by atoms with Gasteiger partial charge in [-0.3, -0.25) is 4.79 Å². The first-order chi connectivity index (χ1) is 11.9. The maximum atomic E-state index is 12.8. The van der Waals surface area contributed by atoms with Crippen LogP contribution in [0.15, 0.2) is 28.7 Å². The van der Waals surface area contributed by atoms with Crippen molar-refractivity contribution in [3.63, 3.8) is 0 Å². The Morgan fingerprint density at radius 3 is 2.48 bits per heavy atom. The van der Waals surface area contributed by atoms with E-state index in [1.54, 1.807) is 6.92 Å². The molecule has 0 radical (unpaired) electrons. The van der Waals surface area contributed by atoms with E-state index in [1.807, 2.05) is 49.9 Å². The number of likely N-dealkylation sites (tertiary alicyclic amines) is 1. The number of para-hydroxylation sites is 1. The van der Waals surface area contributed by atoms with E-state index in [4.69, 9.17) is 9.15 Å². The molecule has 1 aromatic carbocycles. The van der Waals surface area contributed by atoms with Gasteiger partial charge in [0.25, 0.3) is 5.91 Å². The van der Waals surface area contributed by atoms with Crippen molar-refractivity contribution in [1.82, 2.24) is 4.90 Å². The molecular weight excluding hydrogens is 318 g/mol. The number of fused-ring (bicyclic) bond motifs is 1. The summed E-state index contributed by atoms with van der Waals surface area (Å²) in [5.41, 5.74) is 1.38. The van der Waals surface area contributed by atoms with Gasteiger partial charge in [-0.05, 0) is 53.0 Å². The van der Waals surface area contributed by atoms with E-state index in [9.17, 15) is 9.59 Å². The molecule has 5 heteroatoms. The minimum atomic E-state index is -0.830. The van der Waals surface area contributed by atoms with Crippen LogP contribution in [0.4, 0.5) is 0 Å². The standard InChI is InChI=1S/C20H25NO4/c1-12-8-7-9-13(2)21(12)19(22)15(4)24-20(23)18-14(3)16-10-5-6-11-17(16)25-18/h5-6,10-13,15H,7-9H2,1-4H3/t12-,13-,15+/m0/s1. The first-order valence-corrected chi connectivity index (χ1v) is 8.91. The van der Waals surface area contributed by atoms with E-state index in [2.05, 4.69) is 0 Å². The van der Waals surface area contributed by atoms with Crippen LogP contribution in [0.25, 0.3) is 11.0 Å². The maximum Gasteiger partial charge on any atom is 0.375 e. The van der Waals surface area contributed by atoms with E-state index in [-0.39, 0.29) is 23.8 Å². The highest BCUT2D eigenvalue weighted by Crippen LogP contribution is 2.27. The number of benzene rings is 1. The van der Waals surface area contributed by atoms with Crippen LogP contribution in [-0.2, 0) is 9.53 Å². The molecule has 0 spiro atoms. The number of aryl methyl sites for hydroxylation is 1. The average Bonchev–Trinajstić information content (AvgIpc) is 2.92. The summed E-state index contributed by atoms with van der Waals surface area (Å²) in [5.74, 6) is -0.561. The van der Waals surface area contributed by atoms with Crippen LogP contribution in [0.5, 0.6) is 0 Å². The van der Waals surface area contributed by atoms with E-state index in [1.165, 1.54) is 0 Å². The van der Waals surface area contributed by atoms with Gasteiger partial charge in [-0.2, -0.15) is 0 Å². The zero-order chi connectivity index (χ0) is 18.1. The number of furan rings is 1. The van der Waals surface area contributed by atoms with E-state index < -0.39 is 12.1 Å². The number of piperidine rings is 1. The lowest BCUT2D eigenvalue weighted by Gasteiger charge is -2.40. The summed E-state index contributed by atoms with van der Waals surface area (Å²) in [6, 6.07) is 7.80. The van der Waals surface area contributed by atoms with Crippen molar-refractivity contribution < 1.29 is 18.7 Å². The van der Waals surface area contributed by atoms with Crippen molar-refractivity contribution in [3.05, 3.63) is 35.6 Å². The Morgan fingerprint density at radius 2 is 1.84 bits per heavy atom. The highest BCUT2D eigenvalue weighted by molar-refractivity contribution is 5.97. The summed E-state index contributed by atoms with van der Waals surface area (Å²) in [6.45, 7) is 7.55. The molecule has 3 atom stereocenters. The van der Waals surface area contributed by atoms with Gasteiger partial charge < -0.3 is 14.1 Å². The third-order valence-electron chi connectivity index (χ3n) is 5.11. The zero-order valence-corrected chi connectivity index (χ0v) is 15.2. The summed E-state index contributed by atoms with van der Waals surface area (Å²) >= 11 is 0. The van der Waals surface area contributed by atoms with E-state index in [0.717, 1.165) is 30.2 Å². The van der Waals surface area contributed by atoms with Gasteiger partial charge in [-0.15, -0.1) is 0 Å². The molecule has 1 fully saturated rings. The molecule has 0 aliphatic carbocycles. The van der Waals surface area contributed by atoms with Gasteiger partial charge in [-0.25, -0.2) is 4.79 Å². The largest absolute Gasteiger partial charge is 0.449 e. The van der Waals surface area contributed by atoms with Crippen LogP contribution in [0.1, 0.15) is 56.2 Å². The molecular formula is C20H25NO4. The summed E-state index contributed by atoms with van der Waals surface area (Å²) in [4.78, 5) is 27.1. The Labute approximate surface area is 147 Å². The highest BCUT2D eigenvalue weighted by Gasteiger charge is 2.34. The molecule has 1 aliphatic rings. The van der Waals surface area contributed by atoms with Gasteiger partial charge in [0.15, 0.2) is 6.10 Å². The normalized spacial score (nSPS) is 22.0. The van der Waals surface area contributed by atoms with Crippen molar-refractivity contribution in [1.29, 1.82) is 0 Å². The molecule has 25 heavy (non-hydrogen) atoms. The first kappa shape index (κ1) is 17.5. The van der Waals surface area contributed by atoms with Crippen LogP contribution in [0.2, 0.25) is 0 Å². The summed E-state index contributed by atoms with van der Waals surface area (Å²) < 4.78 is 11.1. The summed E-state index contributed by atoms with van der Waals surface area (Å²) in [7, 11) is 0. The van der Waals surface area contributed by atoms with Gasteiger partial charge in [-0.1, -0.05) is 18.2 Å². The quantitative estimate of drug-likeness (QED) is 0.788. The molecule has 0 bridgehead atoms. The molecule has 0 saturated carbocycles. The van der Waals surface area contributed by atoms with Gasteiger partial charge in [0.05, 0.1) is 0 Å². The van der Waals surface area contributed by atoms with E-state index in [0.29, 0.717) is 5.58 Å². The number of ether oxygens (including phenoxy) is 1. The molecule has 0 unspecified atom stereocenters. The Balaban J connectivity index is 1.75. The summed E-state index contributed by atoms with van der Waals surface area (Å²) in [6.07, 6.45) is 2.26. The third-order valence-corrected chi connectivity index (χ3v) is 5.11. The number of carbonyl (C=O) groups excluding carboxylic acids is 2. The number of esters is 1. The fourth-order valence-corrected chi connectivity index (χ4v) is 3.70. The molecule has 2 aromatic rings. The SMILES string of the molecule is Cc1c(C(=O)O[C@H](C)C(=O)N2[C@@H](C)CCC[C@@H]2C)oc2ccccc12. The van der Waals surface area contributed by atoms with Crippen molar-refractivity contribution in [3.8, 4) is 0 Å². The Bertz CT molecular complexity index is 784. The van der Waals surface area contributed by atoms with Crippen LogP contribution in [-0.4, -0.2) is 35.0 Å². The lowest BCUT2D eigenvalue weighted by Crippen LogP contribution is -2.51. The fraction of sp³-hybridized carbons (Fsp3) is 0.500. The van der Waals surface area contributed by atoms with Crippen LogP contribution in [0.3, 0.4) is 0 Å². The predicted octanol–water partition coefficient (Wildman–Crippen LogP) is 4.08. The monoisotopic (exact) mass is 343 g/mol. The fourth-order valence-electron chi connectivity index (χ4n) is 3.70. The molecule has 1 aromatic heterocycles. The smallest absolute Gasteiger partial charge is 0.375 e. The Kier molecular flexibility index (Phi) is 4.84. The second-order valence-corrected chi connectivity index (χ2v) is 6.97. The van der Waals surface area contributed by atoms with E-state index >= 15 is 0 Å². The van der Waals surface area contributed by atoms with Crippen molar-refractivity contribution in [2.45, 2.75) is 65.1 Å². The van der Waals surface area contributed by atoms with Crippen molar-refractivity contribution >= 4 is 22.8 Å². The molecule has 1 amide bonds. The van der Waals surface area contributed by atoms with Crippen LogP contribution < -0.4 is 0 Å². The number of nitrogens with zero attached hydrogens (tertiary/aromatic N) is 1. The lowest BCUT2D eigenvalue weighted by molar-refractivity contribution is -0.146. The second-order valence-electron chi connectivity index (χ2n) is 6.97. The third kappa shape index (κ3) is 3.28. The van der Waals surface area contributed by atoms with Gasteiger partial charge in [0.2, 0.25) is 5.76 Å². The minimum absolute atomic E-state index is 0.137. The Morgan fingerprint density at radius 1 is 1.20 bits per heavy atom. The molecule has 2 heterocycles. The molecule has 5 nitrogen and oxygen atoms in total. The molecule has 1 saturated heterocycles. The zero-order valence-electron chi connectivity index (χ0n) is 15.2. The number of rotatable bonds is 3. The Hall–Kier alpha value is -2.30. The number of hydrogen-bond donors (Lipinski definition) is 0. The van der Waals surface area contributed by atoms with Crippen molar-refractivity contribution in [2.24, 2.45) is 0 Å². The lowest BCUT2D eigenvalue weighted by atomic mass is 9.97. The topological polar surface area (TPSA) is 59.8 Å². The summed E-state index contributed by atoms with van der Waals surface area (Å²) in [5, 5.41) is 0.881. The first-order valence-electron chi connectivity index (χ1n) is 8.91.